The topological polar surface area (TPSA) is 12.0 Å². The zero-order valence-corrected chi connectivity index (χ0v) is 13.7. The highest BCUT2D eigenvalue weighted by Gasteiger charge is 2.54. The van der Waals surface area contributed by atoms with Crippen molar-refractivity contribution in [3.8, 4) is 0 Å². The predicted octanol–water partition coefficient (Wildman–Crippen LogP) is 5.21. The lowest BCUT2D eigenvalue weighted by Gasteiger charge is -2.59. The lowest BCUT2D eigenvalue weighted by atomic mass is 9.47. The highest BCUT2D eigenvalue weighted by molar-refractivity contribution is 6.30. The second kappa shape index (κ2) is 5.28. The smallest absolute Gasteiger partial charge is 0.0409 e. The summed E-state index contributed by atoms with van der Waals surface area (Å²) in [5.74, 6) is 2.99. The Labute approximate surface area is 133 Å². The SMILES string of the molecule is CCNC(c1cccc(Cl)c1)C12CC3CC(CC(C3)C1)C2. The molecule has 1 aromatic carbocycles. The third kappa shape index (κ3) is 2.43. The lowest BCUT2D eigenvalue weighted by Crippen LogP contribution is -2.51. The van der Waals surface area contributed by atoms with E-state index in [-0.39, 0.29) is 0 Å². The Kier molecular flexibility index (Phi) is 3.54. The minimum Gasteiger partial charge on any atom is -0.310 e. The first-order chi connectivity index (χ1) is 10.2. The van der Waals surface area contributed by atoms with E-state index in [2.05, 4.69) is 30.4 Å². The molecule has 4 saturated carbocycles. The van der Waals surface area contributed by atoms with Gasteiger partial charge in [-0.2, -0.15) is 0 Å². The van der Waals surface area contributed by atoms with Gasteiger partial charge in [0.05, 0.1) is 0 Å². The van der Waals surface area contributed by atoms with Gasteiger partial charge in [0, 0.05) is 11.1 Å². The van der Waals surface area contributed by atoms with Crippen LogP contribution in [-0.2, 0) is 0 Å². The van der Waals surface area contributed by atoms with Gasteiger partial charge in [-0.25, -0.2) is 0 Å². The lowest BCUT2D eigenvalue weighted by molar-refractivity contribution is -0.0746. The van der Waals surface area contributed by atoms with Crippen molar-refractivity contribution >= 4 is 11.6 Å². The summed E-state index contributed by atoms with van der Waals surface area (Å²) >= 11 is 6.27. The van der Waals surface area contributed by atoms with Gasteiger partial charge in [-0.3, -0.25) is 0 Å². The van der Waals surface area contributed by atoms with E-state index < -0.39 is 0 Å². The van der Waals surface area contributed by atoms with Gasteiger partial charge in [0.25, 0.3) is 0 Å². The minimum atomic E-state index is 0.495. The summed E-state index contributed by atoms with van der Waals surface area (Å²) in [5, 5.41) is 4.70. The predicted molar refractivity (Wildman–Crippen MR) is 88.5 cm³/mol. The van der Waals surface area contributed by atoms with Crippen LogP contribution < -0.4 is 5.32 Å². The molecule has 0 heterocycles. The summed E-state index contributed by atoms with van der Waals surface area (Å²) in [7, 11) is 0. The van der Waals surface area contributed by atoms with Gasteiger partial charge in [0.15, 0.2) is 0 Å². The summed E-state index contributed by atoms with van der Waals surface area (Å²) in [4.78, 5) is 0. The number of nitrogens with one attached hydrogen (secondary N) is 1. The number of hydrogen-bond donors (Lipinski definition) is 1. The Balaban J connectivity index is 1.70. The van der Waals surface area contributed by atoms with Crippen molar-refractivity contribution < 1.29 is 0 Å². The number of rotatable bonds is 4. The fraction of sp³-hybridized carbons (Fsp3) is 0.684. The van der Waals surface area contributed by atoms with Crippen molar-refractivity contribution in [2.45, 2.75) is 51.5 Å². The van der Waals surface area contributed by atoms with E-state index in [1.54, 1.807) is 0 Å². The van der Waals surface area contributed by atoms with Crippen LogP contribution >= 0.6 is 11.6 Å². The Hall–Kier alpha value is -0.530. The first-order valence-corrected chi connectivity index (χ1v) is 9.05. The van der Waals surface area contributed by atoms with Crippen molar-refractivity contribution in [2.24, 2.45) is 23.2 Å². The molecule has 2 heteroatoms. The highest BCUT2D eigenvalue weighted by Crippen LogP contribution is 2.64. The molecule has 1 nitrogen and oxygen atoms in total. The quantitative estimate of drug-likeness (QED) is 0.805. The van der Waals surface area contributed by atoms with Crippen molar-refractivity contribution in [3.63, 3.8) is 0 Å². The molecule has 21 heavy (non-hydrogen) atoms. The molecule has 0 aliphatic heterocycles. The fourth-order valence-corrected chi connectivity index (χ4v) is 6.31. The average molecular weight is 304 g/mol. The van der Waals surface area contributed by atoms with Crippen LogP contribution in [0, 0.1) is 23.2 Å². The zero-order chi connectivity index (χ0) is 14.4. The molecule has 4 aliphatic carbocycles. The molecule has 0 radical (unpaired) electrons. The Morgan fingerprint density at radius 3 is 2.29 bits per heavy atom. The van der Waals surface area contributed by atoms with Crippen LogP contribution in [0.1, 0.15) is 57.1 Å². The normalized spacial score (nSPS) is 38.7. The van der Waals surface area contributed by atoms with Gasteiger partial charge in [0.1, 0.15) is 0 Å². The Morgan fingerprint density at radius 1 is 1.14 bits per heavy atom. The van der Waals surface area contributed by atoms with E-state index in [9.17, 15) is 0 Å². The van der Waals surface area contributed by atoms with E-state index in [4.69, 9.17) is 11.6 Å². The van der Waals surface area contributed by atoms with Gasteiger partial charge in [0.2, 0.25) is 0 Å². The van der Waals surface area contributed by atoms with Gasteiger partial charge >= 0.3 is 0 Å². The van der Waals surface area contributed by atoms with Crippen LogP contribution in [-0.4, -0.2) is 6.54 Å². The third-order valence-electron chi connectivity index (χ3n) is 6.29. The number of benzene rings is 1. The van der Waals surface area contributed by atoms with Gasteiger partial charge < -0.3 is 5.32 Å². The molecular weight excluding hydrogens is 278 g/mol. The molecule has 0 saturated heterocycles. The molecule has 5 rings (SSSR count). The number of hydrogen-bond acceptors (Lipinski definition) is 1. The van der Waals surface area contributed by atoms with Crippen LogP contribution in [0.2, 0.25) is 5.02 Å². The van der Waals surface area contributed by atoms with Gasteiger partial charge in [-0.1, -0.05) is 30.7 Å². The monoisotopic (exact) mass is 303 g/mol. The van der Waals surface area contributed by atoms with E-state index in [1.165, 1.54) is 44.1 Å². The van der Waals surface area contributed by atoms with Crippen LogP contribution in [0.5, 0.6) is 0 Å². The summed E-state index contributed by atoms with van der Waals surface area (Å²) in [6, 6.07) is 9.07. The number of halogens is 1. The molecule has 0 amide bonds. The molecule has 1 unspecified atom stereocenters. The van der Waals surface area contributed by atoms with Crippen molar-refractivity contribution in [2.75, 3.05) is 6.54 Å². The minimum absolute atomic E-state index is 0.495. The van der Waals surface area contributed by atoms with Crippen LogP contribution in [0.3, 0.4) is 0 Å². The molecule has 4 bridgehead atoms. The fourth-order valence-electron chi connectivity index (χ4n) is 6.11. The molecule has 0 aromatic heterocycles. The maximum absolute atomic E-state index is 6.27. The third-order valence-corrected chi connectivity index (χ3v) is 6.52. The van der Waals surface area contributed by atoms with E-state index >= 15 is 0 Å². The Bertz CT molecular complexity index is 489. The van der Waals surface area contributed by atoms with Crippen molar-refractivity contribution in [3.05, 3.63) is 34.9 Å². The second-order valence-corrected chi connectivity index (χ2v) is 8.26. The molecule has 0 spiro atoms. The molecule has 4 aliphatic rings. The highest BCUT2D eigenvalue weighted by atomic mass is 35.5. The van der Waals surface area contributed by atoms with E-state index in [1.807, 2.05) is 6.07 Å². The molecule has 1 atom stereocenters. The first kappa shape index (κ1) is 14.1. The maximum Gasteiger partial charge on any atom is 0.0409 e. The van der Waals surface area contributed by atoms with Gasteiger partial charge in [-0.05, 0) is 85.9 Å². The molecular formula is C19H26ClN. The summed E-state index contributed by atoms with van der Waals surface area (Å²) in [6.45, 7) is 3.27. The summed E-state index contributed by atoms with van der Waals surface area (Å²) < 4.78 is 0. The second-order valence-electron chi connectivity index (χ2n) is 7.83. The molecule has 1 aromatic rings. The zero-order valence-electron chi connectivity index (χ0n) is 12.9. The standard InChI is InChI=1S/C19H26ClN/c1-2-21-18(16-4-3-5-17(20)9-16)19-10-13-6-14(11-19)8-15(7-13)12-19/h3-5,9,13-15,18,21H,2,6-8,10-12H2,1H3. The molecule has 1 N–H and O–H groups in total. The average Bonchev–Trinajstić information content (AvgIpc) is 2.43. The molecule has 114 valence electrons. The van der Waals surface area contributed by atoms with Crippen LogP contribution in [0.25, 0.3) is 0 Å². The summed E-state index contributed by atoms with van der Waals surface area (Å²) in [6.07, 6.45) is 8.82. The first-order valence-electron chi connectivity index (χ1n) is 8.67. The van der Waals surface area contributed by atoms with Crippen LogP contribution in [0.4, 0.5) is 0 Å². The van der Waals surface area contributed by atoms with E-state index in [0.717, 1.165) is 29.3 Å². The summed E-state index contributed by atoms with van der Waals surface area (Å²) in [5.41, 5.74) is 1.90. The Morgan fingerprint density at radius 2 is 1.76 bits per heavy atom. The van der Waals surface area contributed by atoms with Crippen molar-refractivity contribution in [1.82, 2.24) is 5.32 Å². The van der Waals surface area contributed by atoms with Crippen molar-refractivity contribution in [1.29, 1.82) is 0 Å². The largest absolute Gasteiger partial charge is 0.310 e. The van der Waals surface area contributed by atoms with Gasteiger partial charge in [-0.15, -0.1) is 0 Å². The molecule has 4 fully saturated rings. The van der Waals surface area contributed by atoms with E-state index in [0.29, 0.717) is 11.5 Å². The maximum atomic E-state index is 6.27. The van der Waals surface area contributed by atoms with Crippen LogP contribution in [0.15, 0.2) is 24.3 Å².